The van der Waals surface area contributed by atoms with Gasteiger partial charge in [-0.3, -0.25) is 0 Å². The van der Waals surface area contributed by atoms with Gasteiger partial charge in [0.2, 0.25) is 0 Å². The molecule has 1 heterocycles. The van der Waals surface area contributed by atoms with Gasteiger partial charge in [0, 0.05) is 0 Å². The molecule has 0 bridgehead atoms. The Labute approximate surface area is 149 Å². The fourth-order valence-corrected chi connectivity index (χ4v) is 1.70. The third kappa shape index (κ3) is 3.07. The van der Waals surface area contributed by atoms with Gasteiger partial charge < -0.3 is 5.32 Å². The Kier molecular flexibility index (Phi) is 6.71. The quantitative estimate of drug-likeness (QED) is 0.691. The van der Waals surface area contributed by atoms with E-state index in [2.05, 4.69) is 50.9 Å². The van der Waals surface area contributed by atoms with Crippen LogP contribution in [0.1, 0.15) is 38.8 Å². The minimum atomic E-state index is 0. The molecule has 0 amide bonds. The second-order valence-electron chi connectivity index (χ2n) is 4.20. The largest absolute Gasteiger partial charge is 1.00 e. The Morgan fingerprint density at radius 2 is 1.75 bits per heavy atom. The summed E-state index contributed by atoms with van der Waals surface area (Å²) in [4.78, 5) is 0. The maximum Gasteiger partial charge on any atom is 1.00 e. The molecule has 0 unspecified atom stereocenters. The van der Waals surface area contributed by atoms with Crippen molar-refractivity contribution < 1.29 is 58.2 Å². The molecule has 0 fully saturated rings. The Morgan fingerprint density at radius 3 is 2.31 bits per heavy atom. The van der Waals surface area contributed by atoms with Gasteiger partial charge in [-0.05, 0) is 12.3 Å². The molecule has 82 valence electrons. The Morgan fingerprint density at radius 1 is 1.19 bits per heavy atom. The molecule has 0 N–H and O–H groups in total. The summed E-state index contributed by atoms with van der Waals surface area (Å²) in [5.74, 6) is 0. The molecule has 0 atom stereocenters. The molecule has 1 aliphatic heterocycles. The Balaban J connectivity index is 0.000000711. The van der Waals surface area contributed by atoms with Crippen molar-refractivity contribution in [3.8, 4) is 0 Å². The molecule has 1 aromatic rings. The van der Waals surface area contributed by atoms with Gasteiger partial charge >= 0.3 is 58.2 Å². The first kappa shape index (κ1) is 16.6. The molecule has 0 aromatic heterocycles. The summed E-state index contributed by atoms with van der Waals surface area (Å²) in [5.41, 5.74) is 4.63. The molecule has 2 heteroatoms. The van der Waals surface area contributed by atoms with E-state index in [4.69, 9.17) is 0 Å². The summed E-state index contributed by atoms with van der Waals surface area (Å²) in [5, 5.41) is 4.47. The zero-order chi connectivity index (χ0) is 11.6. The summed E-state index contributed by atoms with van der Waals surface area (Å²) in [6, 6.07) is 6.41. The number of nitrogens with zero attached hydrogens (tertiary/aromatic N) is 1. The van der Waals surface area contributed by atoms with Crippen LogP contribution in [0.15, 0.2) is 30.5 Å². The number of rotatable bonds is 0. The van der Waals surface area contributed by atoms with Gasteiger partial charge in [-0.25, -0.2) is 0 Å². The van der Waals surface area contributed by atoms with Gasteiger partial charge in [-0.2, -0.15) is 5.70 Å². The zero-order valence-electron chi connectivity index (χ0n) is 11.4. The average Bonchev–Trinajstić information content (AvgIpc) is 2.41. The number of hydrogen-bond acceptors (Lipinski definition) is 0. The van der Waals surface area contributed by atoms with Crippen LogP contribution in [0.5, 0.6) is 0 Å². The predicted octanol–water partition coefficient (Wildman–Crippen LogP) is 1.84. The normalized spacial score (nSPS) is 15.2. The van der Waals surface area contributed by atoms with Gasteiger partial charge in [0.05, 0.1) is 0 Å². The van der Waals surface area contributed by atoms with Crippen LogP contribution in [0.2, 0.25) is 0 Å². The van der Waals surface area contributed by atoms with Crippen molar-refractivity contribution in [1.82, 2.24) is 0 Å². The summed E-state index contributed by atoms with van der Waals surface area (Å²) in [6.45, 7) is 14.4. The van der Waals surface area contributed by atoms with Crippen molar-refractivity contribution >= 4 is 5.69 Å². The average molecular weight is 288 g/mol. The fraction of sp³-hybridized carbons (Fsp3) is 0.429. The van der Waals surface area contributed by atoms with Gasteiger partial charge in [0.1, 0.15) is 0 Å². The second-order valence-corrected chi connectivity index (χ2v) is 4.20. The van der Waals surface area contributed by atoms with Crippen molar-refractivity contribution in [3.63, 3.8) is 0 Å². The van der Waals surface area contributed by atoms with Gasteiger partial charge in [-0.1, -0.05) is 57.0 Å². The van der Waals surface area contributed by atoms with Gasteiger partial charge in [-0.15, -0.1) is 12.3 Å². The standard InChI is InChI=1S/C12H14N.C2H6.Rb/c1-8-5-6-10-11(7-8)13-9(2)12(10,3)4;1-2;/h5-7H,2H2,1,3-4H3;1-2H3;/q-1;;+1. The van der Waals surface area contributed by atoms with Crippen LogP contribution >= 0.6 is 0 Å². The van der Waals surface area contributed by atoms with Crippen LogP contribution in [-0.2, 0) is 5.41 Å². The van der Waals surface area contributed by atoms with E-state index in [1.807, 2.05) is 13.8 Å². The molecule has 1 aromatic carbocycles. The second kappa shape index (κ2) is 6.48. The summed E-state index contributed by atoms with van der Waals surface area (Å²) < 4.78 is 0. The zero-order valence-corrected chi connectivity index (χ0v) is 16.3. The van der Waals surface area contributed by atoms with Crippen LogP contribution in [0.25, 0.3) is 5.32 Å². The minimum absolute atomic E-state index is 0. The van der Waals surface area contributed by atoms with Crippen molar-refractivity contribution in [2.45, 2.75) is 40.0 Å². The van der Waals surface area contributed by atoms with E-state index in [9.17, 15) is 0 Å². The third-order valence-electron chi connectivity index (χ3n) is 2.80. The van der Waals surface area contributed by atoms with Crippen molar-refractivity contribution in [2.24, 2.45) is 0 Å². The van der Waals surface area contributed by atoms with Crippen molar-refractivity contribution in [1.29, 1.82) is 0 Å². The SMILES string of the molecule is C=C1[N-]c2cc(C)ccc2C1(C)C.CC.[Rb+]. The molecule has 1 aliphatic rings. The van der Waals surface area contributed by atoms with Crippen LogP contribution in [0, 0.1) is 6.92 Å². The number of aryl methyl sites for hydroxylation is 1. The predicted molar refractivity (Wildman–Crippen MR) is 67.7 cm³/mol. The molecule has 0 radical (unpaired) electrons. The fourth-order valence-electron chi connectivity index (χ4n) is 1.70. The van der Waals surface area contributed by atoms with E-state index >= 15 is 0 Å². The monoisotopic (exact) mass is 287 g/mol. The summed E-state index contributed by atoms with van der Waals surface area (Å²) in [6.07, 6.45) is 0. The van der Waals surface area contributed by atoms with Crippen LogP contribution in [-0.4, -0.2) is 0 Å². The maximum atomic E-state index is 4.47. The van der Waals surface area contributed by atoms with E-state index in [1.165, 1.54) is 11.1 Å². The smallest absolute Gasteiger partial charge is 0.661 e. The van der Waals surface area contributed by atoms with E-state index in [1.54, 1.807) is 0 Å². The Bertz CT molecular complexity index is 380. The van der Waals surface area contributed by atoms with Gasteiger partial charge in [0.15, 0.2) is 0 Å². The topological polar surface area (TPSA) is 14.1 Å². The Hall–Kier alpha value is 0.565. The first-order valence-electron chi connectivity index (χ1n) is 5.54. The van der Waals surface area contributed by atoms with Gasteiger partial charge in [0.25, 0.3) is 0 Å². The number of benzene rings is 1. The first-order valence-corrected chi connectivity index (χ1v) is 5.54. The van der Waals surface area contributed by atoms with Crippen LogP contribution in [0.4, 0.5) is 5.69 Å². The maximum absolute atomic E-state index is 4.47. The van der Waals surface area contributed by atoms with E-state index < -0.39 is 0 Å². The molecule has 16 heavy (non-hydrogen) atoms. The number of fused-ring (bicyclic) bond motifs is 1. The third-order valence-corrected chi connectivity index (χ3v) is 2.80. The first-order chi connectivity index (χ1) is 7.01. The molecule has 0 aliphatic carbocycles. The molecule has 0 saturated carbocycles. The minimum Gasteiger partial charge on any atom is -0.661 e. The van der Waals surface area contributed by atoms with Crippen molar-refractivity contribution in [3.05, 3.63) is 46.9 Å². The molecular weight excluding hydrogens is 268 g/mol. The number of hydrogen-bond donors (Lipinski definition) is 0. The van der Waals surface area contributed by atoms with Crippen LogP contribution < -0.4 is 58.2 Å². The molecule has 1 nitrogen and oxygen atoms in total. The summed E-state index contributed by atoms with van der Waals surface area (Å²) in [7, 11) is 0. The summed E-state index contributed by atoms with van der Waals surface area (Å²) >= 11 is 0. The van der Waals surface area contributed by atoms with E-state index in [0.29, 0.717) is 0 Å². The number of allylic oxidation sites excluding steroid dienone is 1. The molecule has 0 saturated heterocycles. The molecular formula is C14H20NRb. The molecule has 0 spiro atoms. The van der Waals surface area contributed by atoms with Crippen LogP contribution in [0.3, 0.4) is 0 Å². The molecule has 2 rings (SSSR count). The van der Waals surface area contributed by atoms with Crippen molar-refractivity contribution in [2.75, 3.05) is 0 Å². The van der Waals surface area contributed by atoms with E-state index in [-0.39, 0.29) is 63.6 Å². The van der Waals surface area contributed by atoms with E-state index in [0.717, 1.165) is 11.4 Å².